The Morgan fingerprint density at radius 3 is 3.18 bits per heavy atom. The fraction of sp³-hybridized carbons (Fsp3) is 0.385. The Kier molecular flexibility index (Phi) is 2.91. The van der Waals surface area contributed by atoms with Crippen LogP contribution in [-0.2, 0) is 6.42 Å². The van der Waals surface area contributed by atoms with Gasteiger partial charge in [-0.3, -0.25) is 9.97 Å². The molecule has 17 heavy (non-hydrogen) atoms. The van der Waals surface area contributed by atoms with Crippen LogP contribution in [0.15, 0.2) is 30.0 Å². The zero-order valence-electron chi connectivity index (χ0n) is 9.41. The predicted octanol–water partition coefficient (Wildman–Crippen LogP) is 2.69. The lowest BCUT2D eigenvalue weighted by atomic mass is 9.83. The van der Waals surface area contributed by atoms with Crippen molar-refractivity contribution in [1.29, 1.82) is 0 Å². The Bertz CT molecular complexity index is 497. The lowest BCUT2D eigenvalue weighted by Gasteiger charge is -2.26. The van der Waals surface area contributed by atoms with E-state index in [0.717, 1.165) is 19.3 Å². The Morgan fingerprint density at radius 1 is 1.41 bits per heavy atom. The summed E-state index contributed by atoms with van der Waals surface area (Å²) in [6, 6.07) is 2.14. The molecule has 0 aromatic carbocycles. The number of hydrogen-bond donors (Lipinski definition) is 1. The minimum Gasteiger partial charge on any atom is -0.386 e. The Morgan fingerprint density at radius 2 is 2.35 bits per heavy atom. The van der Waals surface area contributed by atoms with Gasteiger partial charge in [-0.05, 0) is 36.3 Å². The van der Waals surface area contributed by atoms with E-state index in [9.17, 15) is 5.11 Å². The van der Waals surface area contributed by atoms with Gasteiger partial charge < -0.3 is 5.11 Å². The van der Waals surface area contributed by atoms with Crippen molar-refractivity contribution in [3.63, 3.8) is 0 Å². The molecule has 3 rings (SSSR count). The summed E-state index contributed by atoms with van der Waals surface area (Å²) in [6.07, 6.45) is 7.72. The maximum Gasteiger partial charge on any atom is 0.104 e. The third-order valence-electron chi connectivity index (χ3n) is 3.37. The van der Waals surface area contributed by atoms with E-state index in [1.807, 2.05) is 0 Å². The van der Waals surface area contributed by atoms with Gasteiger partial charge in [-0.25, -0.2) is 0 Å². The van der Waals surface area contributed by atoms with Gasteiger partial charge >= 0.3 is 0 Å². The number of thiophene rings is 1. The summed E-state index contributed by atoms with van der Waals surface area (Å²) < 4.78 is 0. The number of aliphatic hydroxyl groups is 1. The van der Waals surface area contributed by atoms with Crippen molar-refractivity contribution in [2.45, 2.75) is 31.3 Å². The quantitative estimate of drug-likeness (QED) is 0.886. The standard InChI is InChI=1S/C13H14N2OS/c16-13(11-8-14-5-6-15-11)10-2-1-3-12-9(10)4-7-17-12/h4-8,10,13,16H,1-3H2. The number of aromatic nitrogens is 2. The first kappa shape index (κ1) is 10.9. The smallest absolute Gasteiger partial charge is 0.104 e. The Labute approximate surface area is 104 Å². The highest BCUT2D eigenvalue weighted by Gasteiger charge is 2.29. The topological polar surface area (TPSA) is 46.0 Å². The van der Waals surface area contributed by atoms with Gasteiger partial charge in [0.1, 0.15) is 6.10 Å². The molecule has 3 nitrogen and oxygen atoms in total. The molecule has 2 aromatic rings. The van der Waals surface area contributed by atoms with E-state index in [4.69, 9.17) is 0 Å². The molecule has 0 bridgehead atoms. The molecule has 4 heteroatoms. The first-order valence-corrected chi connectivity index (χ1v) is 6.74. The number of aryl methyl sites for hydroxylation is 1. The summed E-state index contributed by atoms with van der Waals surface area (Å²) in [6.45, 7) is 0. The molecule has 2 heterocycles. The van der Waals surface area contributed by atoms with Gasteiger partial charge in [0.25, 0.3) is 0 Å². The molecule has 2 unspecified atom stereocenters. The molecule has 0 saturated carbocycles. The number of nitrogens with zero attached hydrogens (tertiary/aromatic N) is 2. The van der Waals surface area contributed by atoms with Crippen LogP contribution >= 0.6 is 11.3 Å². The van der Waals surface area contributed by atoms with Crippen molar-refractivity contribution >= 4 is 11.3 Å². The molecule has 0 saturated heterocycles. The van der Waals surface area contributed by atoms with Crippen molar-refractivity contribution < 1.29 is 5.11 Å². The summed E-state index contributed by atoms with van der Waals surface area (Å²) in [4.78, 5) is 9.65. The van der Waals surface area contributed by atoms with Crippen LogP contribution in [0.3, 0.4) is 0 Å². The molecule has 88 valence electrons. The van der Waals surface area contributed by atoms with Crippen molar-refractivity contribution in [2.24, 2.45) is 0 Å². The second-order valence-electron chi connectivity index (χ2n) is 4.37. The van der Waals surface area contributed by atoms with Crippen molar-refractivity contribution in [2.75, 3.05) is 0 Å². The van der Waals surface area contributed by atoms with Crippen molar-refractivity contribution in [3.05, 3.63) is 46.2 Å². The van der Waals surface area contributed by atoms with E-state index in [-0.39, 0.29) is 5.92 Å². The molecule has 1 aliphatic carbocycles. The summed E-state index contributed by atoms with van der Waals surface area (Å²) in [7, 11) is 0. The summed E-state index contributed by atoms with van der Waals surface area (Å²) in [5.74, 6) is 0.182. The monoisotopic (exact) mass is 246 g/mol. The SMILES string of the molecule is OC(c1cnccn1)C1CCCc2sccc21. The van der Waals surface area contributed by atoms with Gasteiger partial charge in [0.2, 0.25) is 0 Å². The van der Waals surface area contributed by atoms with Crippen LogP contribution in [0.1, 0.15) is 41.0 Å². The highest BCUT2D eigenvalue weighted by atomic mass is 32.1. The molecule has 0 aliphatic heterocycles. The number of aliphatic hydroxyl groups excluding tert-OH is 1. The molecule has 2 atom stereocenters. The lowest BCUT2D eigenvalue weighted by Crippen LogP contribution is -2.16. The van der Waals surface area contributed by atoms with Crippen molar-refractivity contribution in [3.8, 4) is 0 Å². The largest absolute Gasteiger partial charge is 0.386 e. The van der Waals surface area contributed by atoms with E-state index in [2.05, 4.69) is 21.4 Å². The maximum atomic E-state index is 10.4. The minimum absolute atomic E-state index is 0.182. The lowest BCUT2D eigenvalue weighted by molar-refractivity contribution is 0.131. The van der Waals surface area contributed by atoms with Crippen LogP contribution in [0.2, 0.25) is 0 Å². The van der Waals surface area contributed by atoms with Gasteiger partial charge in [0.15, 0.2) is 0 Å². The second kappa shape index (κ2) is 4.55. The predicted molar refractivity (Wildman–Crippen MR) is 67.0 cm³/mol. The van der Waals surface area contributed by atoms with Crippen LogP contribution in [-0.4, -0.2) is 15.1 Å². The van der Waals surface area contributed by atoms with Gasteiger partial charge in [0, 0.05) is 23.2 Å². The summed E-state index contributed by atoms with van der Waals surface area (Å²) >= 11 is 1.79. The van der Waals surface area contributed by atoms with Gasteiger partial charge in [-0.1, -0.05) is 0 Å². The second-order valence-corrected chi connectivity index (χ2v) is 5.37. The molecule has 1 aliphatic rings. The molecular weight excluding hydrogens is 232 g/mol. The molecular formula is C13H14N2OS. The van der Waals surface area contributed by atoms with E-state index >= 15 is 0 Å². The normalized spacial score (nSPS) is 20.9. The van der Waals surface area contributed by atoms with Gasteiger partial charge in [-0.2, -0.15) is 0 Å². The fourth-order valence-corrected chi connectivity index (χ4v) is 3.52. The number of hydrogen-bond acceptors (Lipinski definition) is 4. The van der Waals surface area contributed by atoms with Crippen LogP contribution in [0.5, 0.6) is 0 Å². The fourth-order valence-electron chi connectivity index (χ4n) is 2.52. The highest BCUT2D eigenvalue weighted by molar-refractivity contribution is 7.10. The van der Waals surface area contributed by atoms with E-state index in [1.165, 1.54) is 10.4 Å². The molecule has 1 N–H and O–H groups in total. The van der Waals surface area contributed by atoms with E-state index in [0.29, 0.717) is 5.69 Å². The van der Waals surface area contributed by atoms with Gasteiger partial charge in [0.05, 0.1) is 11.9 Å². The number of fused-ring (bicyclic) bond motifs is 1. The minimum atomic E-state index is -0.530. The van der Waals surface area contributed by atoms with Crippen LogP contribution in [0.4, 0.5) is 0 Å². The molecule has 0 radical (unpaired) electrons. The first-order valence-electron chi connectivity index (χ1n) is 5.86. The van der Waals surface area contributed by atoms with Crippen LogP contribution in [0.25, 0.3) is 0 Å². The summed E-state index contributed by atoms with van der Waals surface area (Å²) in [5, 5.41) is 12.5. The van der Waals surface area contributed by atoms with E-state index < -0.39 is 6.10 Å². The molecule has 0 amide bonds. The Hall–Kier alpha value is -1.26. The highest BCUT2D eigenvalue weighted by Crippen LogP contribution is 2.41. The average Bonchev–Trinajstić information content (AvgIpc) is 2.87. The third-order valence-corrected chi connectivity index (χ3v) is 4.36. The first-order chi connectivity index (χ1) is 8.36. The van der Waals surface area contributed by atoms with Gasteiger partial charge in [-0.15, -0.1) is 11.3 Å². The zero-order chi connectivity index (χ0) is 11.7. The van der Waals surface area contributed by atoms with Crippen LogP contribution < -0.4 is 0 Å². The van der Waals surface area contributed by atoms with Crippen molar-refractivity contribution in [1.82, 2.24) is 9.97 Å². The zero-order valence-corrected chi connectivity index (χ0v) is 10.2. The third kappa shape index (κ3) is 1.98. The summed E-state index contributed by atoms with van der Waals surface area (Å²) in [5.41, 5.74) is 1.98. The molecule has 0 spiro atoms. The van der Waals surface area contributed by atoms with E-state index in [1.54, 1.807) is 29.9 Å². The Balaban J connectivity index is 1.92. The molecule has 2 aromatic heterocycles. The van der Waals surface area contributed by atoms with Crippen LogP contribution in [0, 0.1) is 0 Å². The average molecular weight is 246 g/mol. The number of rotatable bonds is 2. The molecule has 0 fully saturated rings. The maximum absolute atomic E-state index is 10.4.